The fourth-order valence-corrected chi connectivity index (χ4v) is 2.47. The van der Waals surface area contributed by atoms with Gasteiger partial charge in [-0.1, -0.05) is 39.7 Å². The lowest BCUT2D eigenvalue weighted by Gasteiger charge is -2.15. The van der Waals surface area contributed by atoms with Crippen LogP contribution in [0.25, 0.3) is 0 Å². The van der Waals surface area contributed by atoms with Gasteiger partial charge >= 0.3 is 0 Å². The number of halogens is 2. The van der Waals surface area contributed by atoms with Gasteiger partial charge in [0, 0.05) is 15.2 Å². The van der Waals surface area contributed by atoms with Crippen molar-refractivity contribution < 1.29 is 4.79 Å². The van der Waals surface area contributed by atoms with E-state index < -0.39 is 0 Å². The summed E-state index contributed by atoms with van der Waals surface area (Å²) in [5, 5.41) is 3.43. The molecule has 0 aliphatic carbocycles. The lowest BCUT2D eigenvalue weighted by Crippen LogP contribution is -2.27. The summed E-state index contributed by atoms with van der Waals surface area (Å²) in [6, 6.07) is 12.5. The smallest absolute Gasteiger partial charge is 0.253 e. The van der Waals surface area contributed by atoms with Crippen molar-refractivity contribution in [2.45, 2.75) is 13.0 Å². The van der Waals surface area contributed by atoms with Gasteiger partial charge in [-0.05, 0) is 42.8 Å². The molecule has 20 heavy (non-hydrogen) atoms. The highest BCUT2D eigenvalue weighted by Crippen LogP contribution is 2.21. The second-order valence-corrected chi connectivity index (χ2v) is 5.83. The lowest BCUT2D eigenvalue weighted by atomic mass is 10.1. The molecule has 0 bridgehead atoms. The quantitative estimate of drug-likeness (QED) is 0.813. The van der Waals surface area contributed by atoms with E-state index in [-0.39, 0.29) is 11.9 Å². The van der Waals surface area contributed by atoms with Crippen molar-refractivity contribution >= 4 is 39.1 Å². The van der Waals surface area contributed by atoms with Crippen molar-refractivity contribution in [1.82, 2.24) is 5.32 Å². The molecule has 3 nitrogen and oxygen atoms in total. The molecule has 0 saturated heterocycles. The van der Waals surface area contributed by atoms with Gasteiger partial charge in [-0.3, -0.25) is 4.79 Å². The minimum Gasteiger partial charge on any atom is -0.398 e. The van der Waals surface area contributed by atoms with Gasteiger partial charge < -0.3 is 11.1 Å². The van der Waals surface area contributed by atoms with Gasteiger partial charge in [0.1, 0.15) is 0 Å². The zero-order valence-corrected chi connectivity index (χ0v) is 13.2. The van der Waals surface area contributed by atoms with Crippen LogP contribution in [0.15, 0.2) is 46.9 Å². The van der Waals surface area contributed by atoms with Crippen LogP contribution in [-0.2, 0) is 0 Å². The second kappa shape index (κ2) is 6.29. The van der Waals surface area contributed by atoms with Crippen molar-refractivity contribution in [3.05, 3.63) is 63.1 Å². The van der Waals surface area contributed by atoms with Crippen LogP contribution >= 0.6 is 27.5 Å². The molecule has 0 aliphatic rings. The minimum atomic E-state index is -0.216. The molecule has 104 valence electrons. The Labute approximate surface area is 131 Å². The fraction of sp³-hybridized carbons (Fsp3) is 0.133. The van der Waals surface area contributed by atoms with Crippen molar-refractivity contribution in [1.29, 1.82) is 0 Å². The van der Waals surface area contributed by atoms with Crippen LogP contribution < -0.4 is 11.1 Å². The molecular formula is C15H14BrClN2O. The zero-order valence-electron chi connectivity index (χ0n) is 10.9. The van der Waals surface area contributed by atoms with Crippen molar-refractivity contribution in [3.8, 4) is 0 Å². The fourth-order valence-electron chi connectivity index (χ4n) is 1.87. The normalized spacial score (nSPS) is 11.9. The number of hydrogen-bond donors (Lipinski definition) is 2. The standard InChI is InChI=1S/C15H14BrClN2O/c1-9(10-3-2-4-11(16)7-10)19-15(20)13-6-5-12(17)8-14(13)18/h2-9H,18H2,1H3,(H,19,20)/t9-/m1/s1. The first-order valence-corrected chi connectivity index (χ1v) is 7.26. The van der Waals surface area contributed by atoms with E-state index in [1.165, 1.54) is 0 Å². The maximum atomic E-state index is 12.2. The highest BCUT2D eigenvalue weighted by Gasteiger charge is 2.14. The second-order valence-electron chi connectivity index (χ2n) is 4.48. The first-order valence-electron chi connectivity index (χ1n) is 6.08. The number of hydrogen-bond acceptors (Lipinski definition) is 2. The maximum absolute atomic E-state index is 12.2. The van der Waals surface area contributed by atoms with E-state index in [1.807, 2.05) is 31.2 Å². The van der Waals surface area contributed by atoms with E-state index in [9.17, 15) is 4.79 Å². The number of rotatable bonds is 3. The zero-order chi connectivity index (χ0) is 14.7. The third kappa shape index (κ3) is 3.52. The van der Waals surface area contributed by atoms with E-state index in [4.69, 9.17) is 17.3 Å². The number of nitrogen functional groups attached to an aromatic ring is 1. The van der Waals surface area contributed by atoms with E-state index in [0.717, 1.165) is 10.0 Å². The van der Waals surface area contributed by atoms with Crippen LogP contribution in [0.5, 0.6) is 0 Å². The number of amides is 1. The highest BCUT2D eigenvalue weighted by atomic mass is 79.9. The Morgan fingerprint density at radius 3 is 2.70 bits per heavy atom. The molecule has 0 fully saturated rings. The molecule has 0 radical (unpaired) electrons. The molecule has 0 saturated carbocycles. The molecule has 0 aromatic heterocycles. The Hall–Kier alpha value is -1.52. The third-order valence-electron chi connectivity index (χ3n) is 2.95. The number of nitrogens with one attached hydrogen (secondary N) is 1. The maximum Gasteiger partial charge on any atom is 0.253 e. The van der Waals surface area contributed by atoms with Gasteiger partial charge in [0.2, 0.25) is 0 Å². The average Bonchev–Trinajstić information content (AvgIpc) is 2.38. The average molecular weight is 354 g/mol. The SMILES string of the molecule is C[C@@H](NC(=O)c1ccc(Cl)cc1N)c1cccc(Br)c1. The molecule has 5 heteroatoms. The summed E-state index contributed by atoms with van der Waals surface area (Å²) in [4.78, 5) is 12.2. The van der Waals surface area contributed by atoms with Crippen LogP contribution in [0.2, 0.25) is 5.02 Å². The number of carbonyl (C=O) groups excluding carboxylic acids is 1. The molecule has 0 unspecified atom stereocenters. The Balaban J connectivity index is 2.15. The van der Waals surface area contributed by atoms with Gasteiger partial charge in [-0.25, -0.2) is 0 Å². The Morgan fingerprint density at radius 2 is 2.05 bits per heavy atom. The van der Waals surface area contributed by atoms with Crippen LogP contribution in [0.3, 0.4) is 0 Å². The van der Waals surface area contributed by atoms with Gasteiger partial charge in [0.05, 0.1) is 11.6 Å². The molecule has 0 spiro atoms. The van der Waals surface area contributed by atoms with Crippen molar-refractivity contribution in [2.24, 2.45) is 0 Å². The summed E-state index contributed by atoms with van der Waals surface area (Å²) in [6.45, 7) is 1.92. The molecular weight excluding hydrogens is 340 g/mol. The predicted octanol–water partition coefficient (Wildman–Crippen LogP) is 4.18. The number of benzene rings is 2. The molecule has 2 rings (SSSR count). The van der Waals surface area contributed by atoms with Crippen molar-refractivity contribution in [2.75, 3.05) is 5.73 Å². The molecule has 2 aromatic rings. The van der Waals surface area contributed by atoms with Gasteiger partial charge in [-0.2, -0.15) is 0 Å². The summed E-state index contributed by atoms with van der Waals surface area (Å²) >= 11 is 9.24. The number of nitrogens with two attached hydrogens (primary N) is 1. The summed E-state index contributed by atoms with van der Waals surface area (Å²) in [5.41, 5.74) is 7.62. The monoisotopic (exact) mass is 352 g/mol. The summed E-state index contributed by atoms with van der Waals surface area (Å²) in [6.07, 6.45) is 0. The van der Waals surface area contributed by atoms with Crippen LogP contribution in [0.4, 0.5) is 5.69 Å². The molecule has 0 aliphatic heterocycles. The van der Waals surface area contributed by atoms with E-state index in [0.29, 0.717) is 16.3 Å². The third-order valence-corrected chi connectivity index (χ3v) is 3.68. The molecule has 2 aromatic carbocycles. The Morgan fingerprint density at radius 1 is 1.30 bits per heavy atom. The van der Waals surface area contributed by atoms with Gasteiger partial charge in [-0.15, -0.1) is 0 Å². The molecule has 1 amide bonds. The van der Waals surface area contributed by atoms with E-state index in [2.05, 4.69) is 21.2 Å². The predicted molar refractivity (Wildman–Crippen MR) is 85.9 cm³/mol. The summed E-state index contributed by atoms with van der Waals surface area (Å²) < 4.78 is 0.974. The van der Waals surface area contributed by atoms with Crippen LogP contribution in [0, 0.1) is 0 Å². The van der Waals surface area contributed by atoms with Gasteiger partial charge in [0.15, 0.2) is 0 Å². The van der Waals surface area contributed by atoms with E-state index in [1.54, 1.807) is 18.2 Å². The van der Waals surface area contributed by atoms with Crippen LogP contribution in [-0.4, -0.2) is 5.91 Å². The molecule has 0 heterocycles. The van der Waals surface area contributed by atoms with Gasteiger partial charge in [0.25, 0.3) is 5.91 Å². The van der Waals surface area contributed by atoms with Crippen LogP contribution in [0.1, 0.15) is 28.9 Å². The number of carbonyl (C=O) groups is 1. The lowest BCUT2D eigenvalue weighted by molar-refractivity contribution is 0.0941. The topological polar surface area (TPSA) is 55.1 Å². The minimum absolute atomic E-state index is 0.116. The molecule has 3 N–H and O–H groups in total. The van der Waals surface area contributed by atoms with Crippen molar-refractivity contribution in [3.63, 3.8) is 0 Å². The van der Waals surface area contributed by atoms with E-state index >= 15 is 0 Å². The number of anilines is 1. The summed E-state index contributed by atoms with van der Waals surface area (Å²) in [7, 11) is 0. The Bertz CT molecular complexity index is 646. The summed E-state index contributed by atoms with van der Waals surface area (Å²) in [5.74, 6) is -0.216. The largest absolute Gasteiger partial charge is 0.398 e. The first kappa shape index (κ1) is 14.9. The highest BCUT2D eigenvalue weighted by molar-refractivity contribution is 9.10. The first-order chi connectivity index (χ1) is 9.47. The molecule has 1 atom stereocenters. The Kier molecular flexibility index (Phi) is 4.68.